The number of aliphatic carboxylic acids is 1. The molecule has 2 unspecified atom stereocenters. The summed E-state index contributed by atoms with van der Waals surface area (Å²) < 4.78 is 24.1. The van der Waals surface area contributed by atoms with Crippen LogP contribution in [0.2, 0.25) is 0 Å². The van der Waals surface area contributed by atoms with Crippen molar-refractivity contribution in [2.45, 2.75) is 57.3 Å². The summed E-state index contributed by atoms with van der Waals surface area (Å²) >= 11 is 0. The van der Waals surface area contributed by atoms with Crippen molar-refractivity contribution in [1.29, 1.82) is 0 Å². The molecule has 1 fully saturated rings. The summed E-state index contributed by atoms with van der Waals surface area (Å²) in [6, 6.07) is 32.9. The average Bonchev–Trinajstić information content (AvgIpc) is 3.60. The molecule has 4 aromatic carbocycles. The van der Waals surface area contributed by atoms with Crippen molar-refractivity contribution < 1.29 is 38.4 Å². The Morgan fingerprint density at radius 2 is 1.47 bits per heavy atom. The van der Waals surface area contributed by atoms with E-state index in [1.54, 1.807) is 45.1 Å². The molecule has 0 spiro atoms. The Morgan fingerprint density at radius 3 is 2.09 bits per heavy atom. The van der Waals surface area contributed by atoms with Crippen molar-refractivity contribution in [2.24, 2.45) is 5.41 Å². The predicted molar refractivity (Wildman–Crippen MR) is 215 cm³/mol. The number of β-amino-alcohol motifs (C(OH)–C–C–N with tert-alkyl or cyclic N) is 1. The second-order valence-electron chi connectivity index (χ2n) is 15.2. The molecule has 3 aliphatic rings. The van der Waals surface area contributed by atoms with Crippen molar-refractivity contribution >= 4 is 23.0 Å². The Labute approximate surface area is 330 Å². The number of benzene rings is 5. The summed E-state index contributed by atoms with van der Waals surface area (Å²) in [6.45, 7) is 3.57. The maximum Gasteiger partial charge on any atom is 0.309 e. The number of carbonyl (C=O) groups is 2. The second kappa shape index (κ2) is 16.2. The number of ether oxygens (including phenoxy) is 3. The minimum atomic E-state index is -1.11. The molecule has 1 aliphatic carbocycles. The summed E-state index contributed by atoms with van der Waals surface area (Å²) in [5.41, 5.74) is 3.08. The van der Waals surface area contributed by atoms with Crippen LogP contribution in [0.4, 0.5) is 0 Å². The number of rotatable bonds is 14. The third-order valence-corrected chi connectivity index (χ3v) is 10.9. The van der Waals surface area contributed by atoms with Gasteiger partial charge in [0.2, 0.25) is 5.91 Å². The minimum Gasteiger partial charge on any atom is -0.497 e. The molecule has 2 N–H and O–H groups in total. The molecule has 1 amide bonds. The lowest BCUT2D eigenvalue weighted by atomic mass is 9.80. The highest BCUT2D eigenvalue weighted by molar-refractivity contribution is 5.81. The standard InChI is InChI=1S/C46H46N2O9/c1-45(2,44(52)53)26-30-23-41-40(47-39-20-15-35(49)25-42(39)57-41)22-29(30)10-21-43(51)48-27-36(50)24-34(48)28-56-46(31-8-6-5-7-9-31,32-11-16-37(54-3)17-12-32)33-13-18-38(55-4)19-14-33/h5-9,11-20,22-23,25,34,36,50H,10,21,24,26-28H2,1-4H3,(H,52,53). The molecular formula is C46H46N2O9. The van der Waals surface area contributed by atoms with E-state index in [1.807, 2.05) is 84.9 Å². The summed E-state index contributed by atoms with van der Waals surface area (Å²) in [5.74, 6) is 0.602. The van der Waals surface area contributed by atoms with E-state index in [1.165, 1.54) is 12.1 Å². The van der Waals surface area contributed by atoms with Crippen molar-refractivity contribution in [3.8, 4) is 23.0 Å². The van der Waals surface area contributed by atoms with Crippen LogP contribution in [0, 0.1) is 5.41 Å². The molecule has 11 heteroatoms. The Morgan fingerprint density at radius 1 is 0.842 bits per heavy atom. The number of hydrogen-bond donors (Lipinski definition) is 2. The van der Waals surface area contributed by atoms with Crippen LogP contribution in [0.25, 0.3) is 22.6 Å². The molecule has 0 aromatic heterocycles. The zero-order valence-corrected chi connectivity index (χ0v) is 32.4. The van der Waals surface area contributed by atoms with Gasteiger partial charge in [-0.1, -0.05) is 54.6 Å². The molecule has 0 radical (unpaired) electrons. The average molecular weight is 771 g/mol. The van der Waals surface area contributed by atoms with Crippen LogP contribution in [0.5, 0.6) is 11.5 Å². The number of carbonyl (C=O) groups excluding carboxylic acids is 1. The first-order chi connectivity index (χ1) is 27.4. The first-order valence-corrected chi connectivity index (χ1v) is 19.0. The van der Waals surface area contributed by atoms with E-state index in [0.717, 1.165) is 22.3 Å². The minimum absolute atomic E-state index is 0.0975. The lowest BCUT2D eigenvalue weighted by Crippen LogP contribution is -2.42. The van der Waals surface area contributed by atoms with E-state index in [4.69, 9.17) is 23.6 Å². The molecule has 57 heavy (non-hydrogen) atoms. The van der Waals surface area contributed by atoms with E-state index in [9.17, 15) is 24.6 Å². The summed E-state index contributed by atoms with van der Waals surface area (Å²) in [6.07, 6.45) is 0.163. The fourth-order valence-electron chi connectivity index (χ4n) is 7.72. The van der Waals surface area contributed by atoms with Gasteiger partial charge in [-0.2, -0.15) is 0 Å². The van der Waals surface area contributed by atoms with Crippen molar-refractivity contribution in [3.63, 3.8) is 0 Å². The van der Waals surface area contributed by atoms with Crippen molar-refractivity contribution in [3.05, 3.63) is 147 Å². The van der Waals surface area contributed by atoms with Crippen LogP contribution in [0.3, 0.4) is 0 Å². The summed E-state index contributed by atoms with van der Waals surface area (Å²) in [7, 11) is 3.24. The molecule has 2 heterocycles. The SMILES string of the molecule is COc1ccc(C(OCC2CC(O)CN2C(=O)CCc2cc3nc4ccc(=O)cc-4oc3cc2CC(C)(C)C(=O)O)(c2ccccc2)c2ccc(OC)cc2)cc1. The number of nitrogens with zero attached hydrogens (tertiary/aromatic N) is 2. The molecule has 0 saturated carbocycles. The highest BCUT2D eigenvalue weighted by atomic mass is 16.5. The largest absolute Gasteiger partial charge is 0.497 e. The van der Waals surface area contributed by atoms with Crippen molar-refractivity contribution in [1.82, 2.24) is 9.88 Å². The Bertz CT molecular complexity index is 2340. The van der Waals surface area contributed by atoms with E-state index in [2.05, 4.69) is 0 Å². The number of carboxylic acids is 1. The molecule has 7 rings (SSSR count). The van der Waals surface area contributed by atoms with Gasteiger partial charge >= 0.3 is 5.97 Å². The maximum atomic E-state index is 14.2. The van der Waals surface area contributed by atoms with Gasteiger partial charge in [0.05, 0.1) is 38.4 Å². The van der Waals surface area contributed by atoms with Crippen LogP contribution in [0.1, 0.15) is 54.5 Å². The number of hydrogen-bond acceptors (Lipinski definition) is 9. The fourth-order valence-corrected chi connectivity index (χ4v) is 7.72. The van der Waals surface area contributed by atoms with Crippen LogP contribution >= 0.6 is 0 Å². The zero-order chi connectivity index (χ0) is 40.3. The van der Waals surface area contributed by atoms with Gasteiger partial charge < -0.3 is 33.7 Å². The molecule has 2 aliphatic heterocycles. The Balaban J connectivity index is 1.19. The molecule has 1 saturated heterocycles. The van der Waals surface area contributed by atoms with Crippen LogP contribution in [-0.4, -0.2) is 71.5 Å². The van der Waals surface area contributed by atoms with E-state index in [0.29, 0.717) is 52.5 Å². The number of carboxylic acid groups (broad SMARTS) is 1. The number of aliphatic hydroxyl groups excluding tert-OH is 1. The predicted octanol–water partition coefficient (Wildman–Crippen LogP) is 6.87. The molecule has 294 valence electrons. The topological polar surface area (TPSA) is 149 Å². The normalized spacial score (nSPS) is 15.9. The zero-order valence-electron chi connectivity index (χ0n) is 32.4. The molecular weight excluding hydrogens is 725 g/mol. The summed E-state index contributed by atoms with van der Waals surface area (Å²) in [5, 5.41) is 21.0. The summed E-state index contributed by atoms with van der Waals surface area (Å²) in [4.78, 5) is 44.8. The number of methoxy groups -OCH3 is 2. The van der Waals surface area contributed by atoms with Gasteiger partial charge in [0.25, 0.3) is 0 Å². The highest BCUT2D eigenvalue weighted by Crippen LogP contribution is 2.42. The number of likely N-dealkylation sites (tertiary alicyclic amines) is 1. The molecule has 11 nitrogen and oxygen atoms in total. The van der Waals surface area contributed by atoms with Gasteiger partial charge in [0.1, 0.15) is 28.3 Å². The lowest BCUT2D eigenvalue weighted by molar-refractivity contribution is -0.146. The molecule has 0 bridgehead atoms. The molecule has 2 atom stereocenters. The molecule has 4 aromatic rings. The van der Waals surface area contributed by atoms with Gasteiger partial charge in [-0.25, -0.2) is 4.98 Å². The monoisotopic (exact) mass is 770 g/mol. The van der Waals surface area contributed by atoms with Gasteiger partial charge in [-0.15, -0.1) is 0 Å². The highest BCUT2D eigenvalue weighted by Gasteiger charge is 2.41. The smallest absolute Gasteiger partial charge is 0.309 e. The second-order valence-corrected chi connectivity index (χ2v) is 15.2. The van der Waals surface area contributed by atoms with Crippen LogP contribution in [-0.2, 0) is 32.8 Å². The quantitative estimate of drug-likeness (QED) is 0.0889. The fraction of sp³-hybridized carbons (Fsp3) is 0.304. The Kier molecular flexibility index (Phi) is 11.1. The third kappa shape index (κ3) is 8.12. The number of aliphatic hydroxyl groups is 1. The third-order valence-electron chi connectivity index (χ3n) is 10.9. The number of fused-ring (bicyclic) bond motifs is 2. The van der Waals surface area contributed by atoms with Gasteiger partial charge in [-0.05, 0) is 109 Å². The number of aryl methyl sites for hydroxylation is 1. The van der Waals surface area contributed by atoms with Crippen molar-refractivity contribution in [2.75, 3.05) is 27.4 Å². The van der Waals surface area contributed by atoms with Crippen LogP contribution in [0.15, 0.2) is 118 Å². The van der Waals surface area contributed by atoms with Crippen LogP contribution < -0.4 is 14.9 Å². The van der Waals surface area contributed by atoms with Gasteiger partial charge in [0.15, 0.2) is 16.8 Å². The van der Waals surface area contributed by atoms with E-state index in [-0.39, 0.29) is 37.3 Å². The number of amides is 1. The van der Waals surface area contributed by atoms with E-state index >= 15 is 0 Å². The van der Waals surface area contributed by atoms with Gasteiger partial charge in [0, 0.05) is 19.0 Å². The first kappa shape index (κ1) is 39.2. The van der Waals surface area contributed by atoms with Gasteiger partial charge in [-0.3, -0.25) is 14.4 Å². The Hall–Kier alpha value is -6.04. The maximum absolute atomic E-state index is 14.2. The lowest BCUT2D eigenvalue weighted by Gasteiger charge is -2.38. The number of aromatic nitrogens is 1. The first-order valence-electron chi connectivity index (χ1n) is 19.0. The van der Waals surface area contributed by atoms with E-state index < -0.39 is 29.1 Å².